The first-order chi connectivity index (χ1) is 13.9. The fourth-order valence-corrected chi connectivity index (χ4v) is 3.70. The van der Waals surface area contributed by atoms with Crippen LogP contribution in [0.4, 0.5) is 11.4 Å². The number of nitrogens with one attached hydrogen (secondary N) is 1. The second-order valence-electron chi connectivity index (χ2n) is 7.58. The van der Waals surface area contributed by atoms with Crippen LogP contribution in [0.3, 0.4) is 0 Å². The van der Waals surface area contributed by atoms with Crippen LogP contribution in [-0.2, 0) is 14.8 Å². The van der Waals surface area contributed by atoms with Crippen molar-refractivity contribution in [2.24, 2.45) is 10.5 Å². The van der Waals surface area contributed by atoms with E-state index in [1.807, 2.05) is 20.8 Å². The fourth-order valence-electron chi connectivity index (χ4n) is 2.26. The largest absolute Gasteiger partial charge is 0.271 e. The number of rotatable bonds is 7. The molecule has 1 amide bonds. The van der Waals surface area contributed by atoms with E-state index in [1.54, 1.807) is 25.1 Å². The van der Waals surface area contributed by atoms with E-state index in [0.29, 0.717) is 5.71 Å². The Labute approximate surface area is 175 Å². The Balaban J connectivity index is 2.39. The topological polar surface area (TPSA) is 122 Å². The van der Waals surface area contributed by atoms with Crippen LogP contribution in [0.2, 0.25) is 0 Å². The molecule has 0 aliphatic carbocycles. The van der Waals surface area contributed by atoms with Gasteiger partial charge in [0.1, 0.15) is 6.54 Å². The highest BCUT2D eigenvalue weighted by Crippen LogP contribution is 2.25. The van der Waals surface area contributed by atoms with Gasteiger partial charge in [0.25, 0.3) is 21.6 Å². The zero-order valence-corrected chi connectivity index (χ0v) is 18.0. The third kappa shape index (κ3) is 5.63. The Morgan fingerprint density at radius 1 is 1.10 bits per heavy atom. The van der Waals surface area contributed by atoms with Crippen LogP contribution in [0.25, 0.3) is 0 Å². The number of anilines is 1. The molecule has 2 aromatic carbocycles. The van der Waals surface area contributed by atoms with Crippen LogP contribution < -0.4 is 9.73 Å². The molecule has 0 aliphatic rings. The van der Waals surface area contributed by atoms with E-state index in [1.165, 1.54) is 36.4 Å². The molecule has 0 fully saturated rings. The van der Waals surface area contributed by atoms with Gasteiger partial charge in [-0.1, -0.05) is 39.0 Å². The van der Waals surface area contributed by atoms with Crippen molar-refractivity contribution in [1.82, 2.24) is 5.43 Å². The lowest BCUT2D eigenvalue weighted by molar-refractivity contribution is -0.384. The molecule has 10 heteroatoms. The number of hydrazone groups is 1. The number of nitro benzene ring substituents is 1. The lowest BCUT2D eigenvalue weighted by Crippen LogP contribution is -2.40. The summed E-state index contributed by atoms with van der Waals surface area (Å²) in [5.41, 5.74) is 2.72. The summed E-state index contributed by atoms with van der Waals surface area (Å²) in [7, 11) is -4.10. The maximum absolute atomic E-state index is 13.2. The van der Waals surface area contributed by atoms with Gasteiger partial charge in [-0.2, -0.15) is 5.10 Å². The van der Waals surface area contributed by atoms with Crippen molar-refractivity contribution < 1.29 is 18.1 Å². The highest BCUT2D eigenvalue weighted by Gasteiger charge is 2.27. The normalized spacial score (nSPS) is 12.3. The Kier molecular flexibility index (Phi) is 6.93. The van der Waals surface area contributed by atoms with E-state index in [2.05, 4.69) is 10.5 Å². The van der Waals surface area contributed by atoms with E-state index in [9.17, 15) is 23.3 Å². The summed E-state index contributed by atoms with van der Waals surface area (Å²) in [6, 6.07) is 12.6. The van der Waals surface area contributed by atoms with Gasteiger partial charge >= 0.3 is 0 Å². The minimum absolute atomic E-state index is 0.00877. The predicted octanol–water partition coefficient (Wildman–Crippen LogP) is 3.33. The highest BCUT2D eigenvalue weighted by atomic mass is 32.2. The molecule has 0 aliphatic heterocycles. The summed E-state index contributed by atoms with van der Waals surface area (Å²) >= 11 is 0. The van der Waals surface area contributed by atoms with Crippen molar-refractivity contribution in [3.05, 3.63) is 64.7 Å². The van der Waals surface area contributed by atoms with E-state index in [0.717, 1.165) is 4.31 Å². The van der Waals surface area contributed by atoms with Gasteiger partial charge in [-0.3, -0.25) is 19.2 Å². The van der Waals surface area contributed by atoms with Gasteiger partial charge in [0.05, 0.1) is 15.5 Å². The highest BCUT2D eigenvalue weighted by molar-refractivity contribution is 7.92. The molecule has 1 N–H and O–H groups in total. The lowest BCUT2D eigenvalue weighted by atomic mass is 9.91. The molecular formula is C20H24N4O5S. The van der Waals surface area contributed by atoms with Crippen molar-refractivity contribution in [2.75, 3.05) is 10.8 Å². The molecule has 0 radical (unpaired) electrons. The van der Waals surface area contributed by atoms with Crippen molar-refractivity contribution in [2.45, 2.75) is 32.6 Å². The Hall–Kier alpha value is -3.27. The first-order valence-electron chi connectivity index (χ1n) is 9.09. The minimum Gasteiger partial charge on any atom is -0.271 e. The fraction of sp³-hybridized carbons (Fsp3) is 0.300. The van der Waals surface area contributed by atoms with Gasteiger partial charge in [0.15, 0.2) is 0 Å². The standard InChI is InChI=1S/C20H24N4O5S/c1-15(20(2,3)4)21-22-19(25)14-23(16-10-12-17(13-11-16)24(26)27)30(28,29)18-8-6-5-7-9-18/h5-13H,14H2,1-4H3,(H,22,25)/b21-15-. The van der Waals surface area contributed by atoms with Crippen LogP contribution in [0.15, 0.2) is 64.6 Å². The SMILES string of the molecule is C/C(=N/NC(=O)CN(c1ccc([N+](=O)[O-])cc1)S(=O)(=O)c1ccccc1)C(C)(C)C. The molecule has 9 nitrogen and oxygen atoms in total. The second kappa shape index (κ2) is 9.04. The summed E-state index contributed by atoms with van der Waals surface area (Å²) in [6.45, 7) is 7.01. The Morgan fingerprint density at radius 3 is 2.17 bits per heavy atom. The van der Waals surface area contributed by atoms with E-state index in [-0.39, 0.29) is 21.7 Å². The molecule has 160 valence electrons. The maximum Gasteiger partial charge on any atom is 0.269 e. The van der Waals surface area contributed by atoms with E-state index >= 15 is 0 Å². The second-order valence-corrected chi connectivity index (χ2v) is 9.44. The summed E-state index contributed by atoms with van der Waals surface area (Å²) in [4.78, 5) is 22.8. The number of sulfonamides is 1. The average Bonchev–Trinajstić information content (AvgIpc) is 2.70. The number of non-ortho nitro benzene ring substituents is 1. The maximum atomic E-state index is 13.2. The number of carbonyl (C=O) groups excluding carboxylic acids is 1. The van der Waals surface area contributed by atoms with Gasteiger partial charge in [0.2, 0.25) is 0 Å². The number of benzene rings is 2. The number of carbonyl (C=O) groups is 1. The van der Waals surface area contributed by atoms with Gasteiger partial charge in [-0.05, 0) is 31.2 Å². The van der Waals surface area contributed by atoms with Crippen LogP contribution in [0.1, 0.15) is 27.7 Å². The molecule has 0 bridgehead atoms. The molecule has 0 saturated carbocycles. The average molecular weight is 433 g/mol. The summed E-state index contributed by atoms with van der Waals surface area (Å²) in [5, 5.41) is 14.9. The van der Waals surface area contributed by atoms with E-state index < -0.39 is 27.4 Å². The van der Waals surface area contributed by atoms with Crippen molar-refractivity contribution in [3.8, 4) is 0 Å². The van der Waals surface area contributed by atoms with Crippen molar-refractivity contribution in [3.63, 3.8) is 0 Å². The third-order valence-electron chi connectivity index (χ3n) is 4.40. The monoisotopic (exact) mass is 432 g/mol. The molecule has 2 aromatic rings. The first-order valence-corrected chi connectivity index (χ1v) is 10.5. The van der Waals surface area contributed by atoms with Crippen LogP contribution in [0, 0.1) is 15.5 Å². The van der Waals surface area contributed by atoms with Gasteiger partial charge in [-0.15, -0.1) is 0 Å². The van der Waals surface area contributed by atoms with E-state index in [4.69, 9.17) is 0 Å². The number of nitro groups is 1. The van der Waals surface area contributed by atoms with Crippen molar-refractivity contribution >= 4 is 33.0 Å². The molecule has 0 heterocycles. The molecule has 2 rings (SSSR count). The number of nitrogens with zero attached hydrogens (tertiary/aromatic N) is 3. The molecular weight excluding hydrogens is 408 g/mol. The summed E-state index contributed by atoms with van der Waals surface area (Å²) in [6.07, 6.45) is 0. The molecule has 0 aromatic heterocycles. The smallest absolute Gasteiger partial charge is 0.269 e. The number of hydrogen-bond acceptors (Lipinski definition) is 6. The number of amides is 1. The van der Waals surface area contributed by atoms with Crippen LogP contribution in [-0.4, -0.2) is 31.5 Å². The summed E-state index contributed by atoms with van der Waals surface area (Å²) in [5.74, 6) is -0.642. The molecule has 0 atom stereocenters. The Morgan fingerprint density at radius 2 is 1.67 bits per heavy atom. The molecule has 0 unspecified atom stereocenters. The number of hydrogen-bond donors (Lipinski definition) is 1. The van der Waals surface area contributed by atoms with Gasteiger partial charge in [0, 0.05) is 23.3 Å². The van der Waals surface area contributed by atoms with Gasteiger partial charge in [-0.25, -0.2) is 13.8 Å². The zero-order valence-electron chi connectivity index (χ0n) is 17.2. The quantitative estimate of drug-likeness (QED) is 0.408. The first kappa shape index (κ1) is 23.0. The molecule has 0 saturated heterocycles. The molecule has 30 heavy (non-hydrogen) atoms. The Bertz CT molecular complexity index is 1040. The third-order valence-corrected chi connectivity index (χ3v) is 6.19. The lowest BCUT2D eigenvalue weighted by Gasteiger charge is -2.24. The minimum atomic E-state index is -4.10. The molecule has 0 spiro atoms. The van der Waals surface area contributed by atoms with Crippen LogP contribution in [0.5, 0.6) is 0 Å². The predicted molar refractivity (Wildman–Crippen MR) is 115 cm³/mol. The summed E-state index contributed by atoms with van der Waals surface area (Å²) < 4.78 is 27.2. The van der Waals surface area contributed by atoms with Crippen LogP contribution >= 0.6 is 0 Å². The zero-order chi connectivity index (χ0) is 22.5. The van der Waals surface area contributed by atoms with Gasteiger partial charge < -0.3 is 0 Å². The van der Waals surface area contributed by atoms with Crippen molar-refractivity contribution in [1.29, 1.82) is 0 Å².